The van der Waals surface area contributed by atoms with Gasteiger partial charge in [-0.3, -0.25) is 14.5 Å². The second kappa shape index (κ2) is 4.84. The predicted molar refractivity (Wildman–Crippen MR) is 82.8 cm³/mol. The molecule has 0 saturated carbocycles. The summed E-state index contributed by atoms with van der Waals surface area (Å²) in [5, 5.41) is 10.2. The van der Waals surface area contributed by atoms with Gasteiger partial charge in [0.15, 0.2) is 11.5 Å². The topological polar surface area (TPSA) is 66.8 Å². The van der Waals surface area contributed by atoms with Gasteiger partial charge in [0, 0.05) is 6.04 Å². The molecular weight excluding hydrogens is 294 g/mol. The van der Waals surface area contributed by atoms with Gasteiger partial charge in [0.1, 0.15) is 0 Å². The van der Waals surface area contributed by atoms with Crippen molar-refractivity contribution in [3.05, 3.63) is 58.7 Å². The number of methoxy groups -OCH3 is 1. The molecule has 1 N–H and O–H groups in total. The minimum atomic E-state index is -0.445. The van der Waals surface area contributed by atoms with E-state index in [1.54, 1.807) is 0 Å². The fraction of sp³-hybridized carbons (Fsp3) is 0.222. The molecule has 23 heavy (non-hydrogen) atoms. The number of fused-ring (bicyclic) bond motifs is 2. The molecule has 4 rings (SSSR count). The molecule has 2 aromatic carbocycles. The van der Waals surface area contributed by atoms with E-state index in [-0.39, 0.29) is 34.6 Å². The molecule has 116 valence electrons. The number of rotatable bonds is 2. The molecule has 2 amide bonds. The maximum Gasteiger partial charge on any atom is 0.265 e. The zero-order chi connectivity index (χ0) is 16.1. The van der Waals surface area contributed by atoms with Crippen LogP contribution in [0.5, 0.6) is 11.5 Å². The van der Waals surface area contributed by atoms with E-state index in [0.29, 0.717) is 12.8 Å². The maximum absolute atomic E-state index is 12.7. The Bertz CT molecular complexity index is 818. The zero-order valence-corrected chi connectivity index (χ0v) is 12.6. The van der Waals surface area contributed by atoms with Gasteiger partial charge in [0.2, 0.25) is 0 Å². The van der Waals surface area contributed by atoms with Gasteiger partial charge in [-0.05, 0) is 36.1 Å². The van der Waals surface area contributed by atoms with Crippen LogP contribution < -0.4 is 4.74 Å². The number of nitrogens with zero attached hydrogens (tertiary/aromatic N) is 1. The van der Waals surface area contributed by atoms with E-state index < -0.39 is 5.91 Å². The van der Waals surface area contributed by atoms with Gasteiger partial charge >= 0.3 is 0 Å². The largest absolute Gasteiger partial charge is 0.504 e. The van der Waals surface area contributed by atoms with Crippen LogP contribution in [-0.2, 0) is 12.8 Å². The summed E-state index contributed by atoms with van der Waals surface area (Å²) in [7, 11) is 1.41. The maximum atomic E-state index is 12.7. The molecule has 0 unspecified atom stereocenters. The smallest absolute Gasteiger partial charge is 0.265 e. The van der Waals surface area contributed by atoms with Gasteiger partial charge in [-0.1, -0.05) is 24.3 Å². The van der Waals surface area contributed by atoms with E-state index in [9.17, 15) is 14.7 Å². The number of carbonyl (C=O) groups excluding carboxylic acids is 2. The first-order chi connectivity index (χ1) is 11.1. The van der Waals surface area contributed by atoms with Crippen molar-refractivity contribution in [2.75, 3.05) is 7.11 Å². The van der Waals surface area contributed by atoms with Crippen molar-refractivity contribution < 1.29 is 19.4 Å². The summed E-state index contributed by atoms with van der Waals surface area (Å²) in [4.78, 5) is 26.7. The van der Waals surface area contributed by atoms with Crippen LogP contribution in [0.2, 0.25) is 0 Å². The third kappa shape index (κ3) is 1.86. The molecule has 1 heterocycles. The lowest BCUT2D eigenvalue weighted by Crippen LogP contribution is -2.40. The Kier molecular flexibility index (Phi) is 2.91. The highest BCUT2D eigenvalue weighted by Crippen LogP contribution is 2.39. The van der Waals surface area contributed by atoms with Gasteiger partial charge in [0.25, 0.3) is 11.8 Å². The molecule has 0 spiro atoms. The fourth-order valence-corrected chi connectivity index (χ4v) is 3.52. The van der Waals surface area contributed by atoms with Crippen LogP contribution in [0.25, 0.3) is 0 Å². The second-order valence-corrected chi connectivity index (χ2v) is 5.85. The summed E-state index contributed by atoms with van der Waals surface area (Å²) in [6.45, 7) is 0. The molecule has 2 aromatic rings. The molecule has 0 atom stereocenters. The Morgan fingerprint density at radius 2 is 1.70 bits per heavy atom. The minimum absolute atomic E-state index is 0.0466. The van der Waals surface area contributed by atoms with Crippen molar-refractivity contribution in [2.24, 2.45) is 0 Å². The van der Waals surface area contributed by atoms with Gasteiger partial charge in [0.05, 0.1) is 18.2 Å². The van der Waals surface area contributed by atoms with Crippen LogP contribution in [0, 0.1) is 0 Å². The highest BCUT2D eigenvalue weighted by atomic mass is 16.5. The van der Waals surface area contributed by atoms with Crippen LogP contribution >= 0.6 is 0 Å². The van der Waals surface area contributed by atoms with Crippen molar-refractivity contribution in [1.29, 1.82) is 0 Å². The standard InChI is InChI=1S/C18H15NO4/c1-23-14-7-6-13-15(16(14)20)18(22)19(17(13)21)12-8-10-4-2-3-5-11(10)9-12/h2-7,12,20H,8-9H2,1H3. The number of amides is 2. The number of hydrogen-bond acceptors (Lipinski definition) is 4. The first-order valence-electron chi connectivity index (χ1n) is 7.46. The minimum Gasteiger partial charge on any atom is -0.504 e. The number of aromatic hydroxyl groups is 1. The first-order valence-corrected chi connectivity index (χ1v) is 7.46. The monoisotopic (exact) mass is 309 g/mol. The first kappa shape index (κ1) is 13.8. The Labute approximate surface area is 133 Å². The van der Waals surface area contributed by atoms with E-state index in [4.69, 9.17) is 4.74 Å². The molecular formula is C18H15NO4. The van der Waals surface area contributed by atoms with Crippen LogP contribution in [0.4, 0.5) is 0 Å². The summed E-state index contributed by atoms with van der Waals surface area (Å²) in [5.41, 5.74) is 2.61. The molecule has 0 saturated heterocycles. The summed E-state index contributed by atoms with van der Waals surface area (Å²) in [5.74, 6) is -0.859. The normalized spacial score (nSPS) is 16.7. The van der Waals surface area contributed by atoms with Crippen LogP contribution in [0.1, 0.15) is 31.8 Å². The number of ether oxygens (including phenoxy) is 1. The van der Waals surface area contributed by atoms with Crippen molar-refractivity contribution in [1.82, 2.24) is 4.90 Å². The molecule has 0 bridgehead atoms. The van der Waals surface area contributed by atoms with Gasteiger partial charge in [-0.15, -0.1) is 0 Å². The molecule has 5 nitrogen and oxygen atoms in total. The number of phenolic OH excluding ortho intramolecular Hbond substituents is 1. The van der Waals surface area contributed by atoms with Crippen molar-refractivity contribution in [2.45, 2.75) is 18.9 Å². The molecule has 0 aromatic heterocycles. The number of imide groups is 1. The lowest BCUT2D eigenvalue weighted by Gasteiger charge is -2.21. The summed E-state index contributed by atoms with van der Waals surface area (Å²) in [6, 6.07) is 10.8. The third-order valence-electron chi connectivity index (χ3n) is 4.64. The molecule has 2 aliphatic rings. The summed E-state index contributed by atoms with van der Waals surface area (Å²) < 4.78 is 5.03. The molecule has 1 aliphatic carbocycles. The summed E-state index contributed by atoms with van der Waals surface area (Å²) in [6.07, 6.45) is 1.30. The van der Waals surface area contributed by atoms with E-state index in [1.807, 2.05) is 24.3 Å². The Morgan fingerprint density at radius 1 is 1.04 bits per heavy atom. The van der Waals surface area contributed by atoms with E-state index in [0.717, 1.165) is 11.1 Å². The van der Waals surface area contributed by atoms with Crippen molar-refractivity contribution in [3.8, 4) is 11.5 Å². The molecule has 0 fully saturated rings. The van der Waals surface area contributed by atoms with Crippen LogP contribution in [0.3, 0.4) is 0 Å². The lowest BCUT2D eigenvalue weighted by molar-refractivity contribution is 0.0589. The van der Waals surface area contributed by atoms with Crippen molar-refractivity contribution in [3.63, 3.8) is 0 Å². The average Bonchev–Trinajstić information content (AvgIpc) is 3.07. The SMILES string of the molecule is COc1ccc2c(c1O)C(=O)N(C1Cc3ccccc3C1)C2=O. The molecule has 1 aliphatic heterocycles. The van der Waals surface area contributed by atoms with E-state index in [2.05, 4.69) is 0 Å². The van der Waals surface area contributed by atoms with Gasteiger partial charge in [-0.2, -0.15) is 0 Å². The van der Waals surface area contributed by atoms with Crippen LogP contribution in [0.15, 0.2) is 36.4 Å². The highest BCUT2D eigenvalue weighted by molar-refractivity contribution is 6.23. The fourth-order valence-electron chi connectivity index (χ4n) is 3.52. The number of phenols is 1. The van der Waals surface area contributed by atoms with Gasteiger partial charge < -0.3 is 9.84 Å². The second-order valence-electron chi connectivity index (χ2n) is 5.85. The van der Waals surface area contributed by atoms with Crippen LogP contribution in [-0.4, -0.2) is 35.0 Å². The van der Waals surface area contributed by atoms with Gasteiger partial charge in [-0.25, -0.2) is 0 Å². The number of hydrogen-bond donors (Lipinski definition) is 1. The predicted octanol–water partition coefficient (Wildman–Crippen LogP) is 2.16. The third-order valence-corrected chi connectivity index (χ3v) is 4.64. The Morgan fingerprint density at radius 3 is 2.30 bits per heavy atom. The lowest BCUT2D eigenvalue weighted by atomic mass is 10.1. The van der Waals surface area contributed by atoms with E-state index >= 15 is 0 Å². The average molecular weight is 309 g/mol. The zero-order valence-electron chi connectivity index (χ0n) is 12.6. The summed E-state index contributed by atoms with van der Waals surface area (Å²) >= 11 is 0. The Hall–Kier alpha value is -2.82. The molecule has 0 radical (unpaired) electrons. The molecule has 5 heteroatoms. The highest BCUT2D eigenvalue weighted by Gasteiger charge is 2.44. The van der Waals surface area contributed by atoms with Crippen molar-refractivity contribution >= 4 is 11.8 Å². The number of carbonyl (C=O) groups is 2. The number of benzene rings is 2. The Balaban J connectivity index is 1.72. The quantitative estimate of drug-likeness (QED) is 0.863. The van der Waals surface area contributed by atoms with E-state index in [1.165, 1.54) is 24.1 Å².